The fourth-order valence-electron chi connectivity index (χ4n) is 2.31. The molecule has 0 spiro atoms. The minimum Gasteiger partial charge on any atom is -0.0827 e. The van der Waals surface area contributed by atoms with Gasteiger partial charge in [0.2, 0.25) is 0 Å². The van der Waals surface area contributed by atoms with E-state index in [1.54, 1.807) is 0 Å². The molecule has 0 aromatic heterocycles. The summed E-state index contributed by atoms with van der Waals surface area (Å²) >= 11 is 0. The van der Waals surface area contributed by atoms with Crippen molar-refractivity contribution in [1.29, 1.82) is 0 Å². The summed E-state index contributed by atoms with van der Waals surface area (Å²) in [6.07, 6.45) is 11.1. The molecular weight excluding hydrogens is 308 g/mol. The molecular formula is C23H27S+. The van der Waals surface area contributed by atoms with Crippen molar-refractivity contribution >= 4 is 10.9 Å². The van der Waals surface area contributed by atoms with Crippen molar-refractivity contribution in [2.24, 2.45) is 5.41 Å². The van der Waals surface area contributed by atoms with Crippen LogP contribution in [0.5, 0.6) is 0 Å². The number of hydrogen-bond donors (Lipinski definition) is 0. The summed E-state index contributed by atoms with van der Waals surface area (Å²) < 4.78 is 0. The van der Waals surface area contributed by atoms with E-state index in [0.717, 1.165) is 0 Å². The van der Waals surface area contributed by atoms with Crippen molar-refractivity contribution in [1.82, 2.24) is 0 Å². The van der Waals surface area contributed by atoms with Gasteiger partial charge < -0.3 is 0 Å². The summed E-state index contributed by atoms with van der Waals surface area (Å²) in [5.74, 6) is 0. The summed E-state index contributed by atoms with van der Waals surface area (Å²) in [6, 6.07) is 21.5. The fourth-order valence-corrected chi connectivity index (χ4v) is 4.47. The van der Waals surface area contributed by atoms with Crippen LogP contribution in [0.15, 0.2) is 106 Å². The normalized spacial score (nSPS) is 13.3. The Morgan fingerprint density at radius 3 is 1.75 bits per heavy atom. The van der Waals surface area contributed by atoms with E-state index in [4.69, 9.17) is 0 Å². The second kappa shape index (κ2) is 8.75. The van der Waals surface area contributed by atoms with Crippen LogP contribution in [0.2, 0.25) is 0 Å². The van der Waals surface area contributed by atoms with Crippen LogP contribution in [0.1, 0.15) is 27.7 Å². The van der Waals surface area contributed by atoms with Gasteiger partial charge in [0.05, 0.1) is 10.9 Å². The number of hydrogen-bond acceptors (Lipinski definition) is 0. The highest BCUT2D eigenvalue weighted by molar-refractivity contribution is 8.00. The van der Waals surface area contributed by atoms with Gasteiger partial charge in [-0.15, -0.1) is 0 Å². The van der Waals surface area contributed by atoms with Crippen molar-refractivity contribution < 1.29 is 0 Å². The lowest BCUT2D eigenvalue weighted by atomic mass is 9.96. The predicted molar refractivity (Wildman–Crippen MR) is 108 cm³/mol. The van der Waals surface area contributed by atoms with Crippen LogP contribution in [-0.4, -0.2) is 0 Å². The molecule has 0 bridgehead atoms. The Bertz CT molecular complexity index is 661. The topological polar surface area (TPSA) is 0 Å². The molecule has 0 saturated carbocycles. The van der Waals surface area contributed by atoms with Gasteiger partial charge in [-0.1, -0.05) is 75.4 Å². The Morgan fingerprint density at radius 1 is 0.833 bits per heavy atom. The van der Waals surface area contributed by atoms with E-state index in [-0.39, 0.29) is 16.3 Å². The van der Waals surface area contributed by atoms with Gasteiger partial charge in [0.15, 0.2) is 14.7 Å². The third kappa shape index (κ3) is 5.58. The van der Waals surface area contributed by atoms with Crippen molar-refractivity contribution in [2.45, 2.75) is 37.5 Å². The second-order valence-electron chi connectivity index (χ2n) is 6.73. The molecule has 0 aliphatic rings. The van der Waals surface area contributed by atoms with E-state index >= 15 is 0 Å². The van der Waals surface area contributed by atoms with Gasteiger partial charge in [0.1, 0.15) is 0 Å². The maximum Gasteiger partial charge on any atom is 0.166 e. The zero-order chi connectivity index (χ0) is 17.4. The van der Waals surface area contributed by atoms with Gasteiger partial charge in [0, 0.05) is 0 Å². The molecule has 0 aliphatic carbocycles. The lowest BCUT2D eigenvalue weighted by Gasteiger charge is -2.11. The van der Waals surface area contributed by atoms with Gasteiger partial charge in [-0.25, -0.2) is 0 Å². The average molecular weight is 336 g/mol. The maximum atomic E-state index is 2.26. The van der Waals surface area contributed by atoms with E-state index in [0.29, 0.717) is 0 Å². The van der Waals surface area contributed by atoms with Crippen LogP contribution >= 0.6 is 0 Å². The van der Waals surface area contributed by atoms with Gasteiger partial charge in [-0.3, -0.25) is 0 Å². The third-order valence-electron chi connectivity index (χ3n) is 3.38. The Labute approximate surface area is 150 Å². The maximum absolute atomic E-state index is 2.26. The highest BCUT2D eigenvalue weighted by Gasteiger charge is 2.28. The minimum atomic E-state index is -0.0941. The first kappa shape index (κ1) is 18.4. The standard InChI is InChI=1S/C23H27S/c1-5-13-20(18-12-19-23(2,3)4)24(21-14-8-6-9-15-21)22-16-10-7-11-17-22/h5-19H,1-4H3/q+1/b13-5-,19-12+,20-18+. The van der Waals surface area contributed by atoms with Gasteiger partial charge in [-0.2, -0.15) is 0 Å². The van der Waals surface area contributed by atoms with Crippen molar-refractivity contribution in [3.8, 4) is 0 Å². The number of allylic oxidation sites excluding steroid dienone is 5. The first-order valence-electron chi connectivity index (χ1n) is 8.38. The Morgan fingerprint density at radius 2 is 1.33 bits per heavy atom. The van der Waals surface area contributed by atoms with E-state index < -0.39 is 0 Å². The van der Waals surface area contributed by atoms with Crippen LogP contribution in [0.3, 0.4) is 0 Å². The fraction of sp³-hybridized carbons (Fsp3) is 0.217. The van der Waals surface area contributed by atoms with Crippen molar-refractivity contribution in [2.75, 3.05) is 0 Å². The highest BCUT2D eigenvalue weighted by atomic mass is 32.2. The van der Waals surface area contributed by atoms with Crippen LogP contribution in [0.25, 0.3) is 0 Å². The lowest BCUT2D eigenvalue weighted by Crippen LogP contribution is -2.06. The van der Waals surface area contributed by atoms with E-state index in [1.165, 1.54) is 14.7 Å². The molecule has 0 amide bonds. The summed E-state index contributed by atoms with van der Waals surface area (Å²) in [4.78, 5) is 4.02. The Balaban J connectivity index is 2.50. The molecule has 0 radical (unpaired) electrons. The van der Waals surface area contributed by atoms with Gasteiger partial charge in [0.25, 0.3) is 0 Å². The molecule has 0 saturated heterocycles. The molecule has 2 aromatic carbocycles. The van der Waals surface area contributed by atoms with Crippen LogP contribution < -0.4 is 0 Å². The molecule has 2 rings (SSSR count). The average Bonchev–Trinajstić information content (AvgIpc) is 2.56. The summed E-state index contributed by atoms with van der Waals surface area (Å²) in [5.41, 5.74) is 0.190. The third-order valence-corrected chi connectivity index (χ3v) is 5.61. The van der Waals surface area contributed by atoms with Crippen LogP contribution in [0.4, 0.5) is 0 Å². The molecule has 1 heteroatoms. The zero-order valence-corrected chi connectivity index (χ0v) is 15.9. The largest absolute Gasteiger partial charge is 0.166 e. The van der Waals surface area contributed by atoms with Gasteiger partial charge in [-0.05, 0) is 48.8 Å². The SMILES string of the molecule is C\C=C/C(=C\C=C\C(C)(C)C)[S+](c1ccccc1)c1ccccc1. The Kier molecular flexibility index (Phi) is 6.69. The molecule has 124 valence electrons. The van der Waals surface area contributed by atoms with E-state index in [9.17, 15) is 0 Å². The molecule has 24 heavy (non-hydrogen) atoms. The second-order valence-corrected chi connectivity index (χ2v) is 8.75. The molecule has 0 fully saturated rings. The lowest BCUT2D eigenvalue weighted by molar-refractivity contribution is 0.544. The summed E-state index contributed by atoms with van der Waals surface area (Å²) in [7, 11) is -0.0941. The summed E-state index contributed by atoms with van der Waals surface area (Å²) in [5, 5.41) is 0. The monoisotopic (exact) mass is 335 g/mol. The predicted octanol–water partition coefficient (Wildman–Crippen LogP) is 6.79. The van der Waals surface area contributed by atoms with E-state index in [2.05, 4.69) is 119 Å². The number of benzene rings is 2. The smallest absolute Gasteiger partial charge is 0.0827 e. The van der Waals surface area contributed by atoms with E-state index in [1.807, 2.05) is 0 Å². The number of rotatable bonds is 5. The van der Waals surface area contributed by atoms with Gasteiger partial charge >= 0.3 is 0 Å². The van der Waals surface area contributed by atoms with Crippen molar-refractivity contribution in [3.05, 3.63) is 95.9 Å². The quantitative estimate of drug-likeness (QED) is 0.417. The molecule has 0 unspecified atom stereocenters. The van der Waals surface area contributed by atoms with Crippen molar-refractivity contribution in [3.63, 3.8) is 0 Å². The van der Waals surface area contributed by atoms with Crippen LogP contribution in [0, 0.1) is 5.41 Å². The zero-order valence-electron chi connectivity index (χ0n) is 15.1. The molecule has 0 N–H and O–H groups in total. The summed E-state index contributed by atoms with van der Waals surface area (Å²) in [6.45, 7) is 8.75. The molecule has 0 atom stereocenters. The first-order chi connectivity index (χ1) is 11.5. The highest BCUT2D eigenvalue weighted by Crippen LogP contribution is 2.31. The molecule has 0 aliphatic heterocycles. The minimum absolute atomic E-state index is 0.0941. The molecule has 0 nitrogen and oxygen atoms in total. The molecule has 2 aromatic rings. The molecule has 0 heterocycles. The van der Waals surface area contributed by atoms with Crippen LogP contribution in [-0.2, 0) is 10.9 Å². The Hall–Kier alpha value is -1.99. The first-order valence-corrected chi connectivity index (χ1v) is 9.60.